The Bertz CT molecular complexity index is 3570. The molecule has 0 N–H and O–H groups in total. The Morgan fingerprint density at radius 3 is 2.09 bits per heavy atom. The summed E-state index contributed by atoms with van der Waals surface area (Å²) in [5.74, 6) is 3.77. The summed E-state index contributed by atoms with van der Waals surface area (Å²) in [5.41, 5.74) is 10.9. The second-order valence-electron chi connectivity index (χ2n) is 19.6. The smallest absolute Gasteiger partial charge is 0.237 e. The number of fused-ring (bicyclic) bond motifs is 4. The molecule has 0 aliphatic rings. The quantitative estimate of drug-likeness (QED) is 0.140. The van der Waals surface area contributed by atoms with Crippen molar-refractivity contribution in [1.82, 2.24) is 34.1 Å². The Kier molecular flexibility index (Phi) is 13.2. The first-order valence-electron chi connectivity index (χ1n) is 23.4. The molecule has 11 rings (SSSR count). The number of benzene rings is 7. The van der Waals surface area contributed by atoms with Crippen molar-refractivity contribution in [1.29, 1.82) is 0 Å². The Morgan fingerprint density at radius 1 is 0.643 bits per heavy atom. The molecule has 1 radical (unpaired) electrons. The Hall–Kier alpha value is -7.52. The zero-order valence-electron chi connectivity index (χ0n) is 40.6. The molecule has 0 spiro atoms. The van der Waals surface area contributed by atoms with E-state index >= 15 is 0 Å². The molecule has 7 aromatic carbocycles. The van der Waals surface area contributed by atoms with Gasteiger partial charge in [0.15, 0.2) is 5.82 Å². The van der Waals surface area contributed by atoms with Crippen molar-refractivity contribution in [2.75, 3.05) is 4.90 Å². The average Bonchev–Trinajstić information content (AvgIpc) is 4.11. The number of para-hydroxylation sites is 5. The first-order chi connectivity index (χ1) is 33.3. The number of imidazole rings is 2. The molecule has 9 nitrogen and oxygen atoms in total. The number of aromatic nitrogens is 7. The van der Waals surface area contributed by atoms with Gasteiger partial charge in [-0.1, -0.05) is 157 Å². The van der Waals surface area contributed by atoms with E-state index in [-0.39, 0.29) is 36.9 Å². The summed E-state index contributed by atoms with van der Waals surface area (Å²) in [4.78, 5) is 26.2. The molecule has 4 aromatic heterocycles. The van der Waals surface area contributed by atoms with E-state index in [0.717, 1.165) is 73.1 Å². The first-order valence-corrected chi connectivity index (χ1v) is 23.4. The molecule has 4 heterocycles. The number of anilines is 3. The third-order valence-corrected chi connectivity index (χ3v) is 12.1. The summed E-state index contributed by atoms with van der Waals surface area (Å²) >= 11 is 0. The van der Waals surface area contributed by atoms with Crippen LogP contribution in [-0.4, -0.2) is 34.1 Å². The molecule has 0 aliphatic carbocycles. The van der Waals surface area contributed by atoms with Gasteiger partial charge in [0.1, 0.15) is 23.6 Å². The van der Waals surface area contributed by atoms with Gasteiger partial charge in [-0.15, -0.1) is 24.3 Å². The second-order valence-corrected chi connectivity index (χ2v) is 19.6. The van der Waals surface area contributed by atoms with Crippen molar-refractivity contribution < 1.29 is 24.5 Å². The molecular formula is C60H54IrN8O-2. The molecule has 0 saturated heterocycles. The molecule has 0 saturated carbocycles. The summed E-state index contributed by atoms with van der Waals surface area (Å²) in [6.45, 7) is 17.3. The third-order valence-electron chi connectivity index (χ3n) is 12.1. The topological polar surface area (TPSA) is 90.7 Å². The van der Waals surface area contributed by atoms with E-state index in [1.165, 1.54) is 16.7 Å². The number of furan rings is 1. The van der Waals surface area contributed by atoms with Crippen LogP contribution in [0.1, 0.15) is 78.5 Å². The van der Waals surface area contributed by atoms with Gasteiger partial charge < -0.3 is 13.6 Å². The van der Waals surface area contributed by atoms with Crippen molar-refractivity contribution in [3.8, 4) is 33.9 Å². The van der Waals surface area contributed by atoms with Crippen LogP contribution in [0.5, 0.6) is 0 Å². The van der Waals surface area contributed by atoms with Gasteiger partial charge in [0.2, 0.25) is 5.95 Å². The van der Waals surface area contributed by atoms with E-state index in [9.17, 15) is 0 Å². The minimum Gasteiger partial charge on any atom is -0.501 e. The van der Waals surface area contributed by atoms with Crippen LogP contribution in [0.25, 0.3) is 66.9 Å². The zero-order chi connectivity index (χ0) is 47.9. The molecule has 0 fully saturated rings. The maximum atomic E-state index is 6.42. The molecule has 0 atom stereocenters. The van der Waals surface area contributed by atoms with E-state index in [1.54, 1.807) is 6.33 Å². The zero-order valence-corrected chi connectivity index (χ0v) is 43.0. The van der Waals surface area contributed by atoms with Gasteiger partial charge in [0, 0.05) is 53.8 Å². The van der Waals surface area contributed by atoms with Crippen molar-refractivity contribution in [3.63, 3.8) is 0 Å². The van der Waals surface area contributed by atoms with Gasteiger partial charge in [0.05, 0.1) is 28.6 Å². The Balaban J connectivity index is 0.000000175. The monoisotopic (exact) mass is 1100 g/mol. The number of rotatable bonds is 8. The van der Waals surface area contributed by atoms with Crippen molar-refractivity contribution in [2.45, 2.75) is 72.1 Å². The summed E-state index contributed by atoms with van der Waals surface area (Å²) < 4.78 is 10.7. The van der Waals surface area contributed by atoms with Gasteiger partial charge >= 0.3 is 0 Å². The molecule has 10 heteroatoms. The summed E-state index contributed by atoms with van der Waals surface area (Å²) in [6.07, 6.45) is 3.78. The molecule has 351 valence electrons. The van der Waals surface area contributed by atoms with Crippen molar-refractivity contribution >= 4 is 50.4 Å². The van der Waals surface area contributed by atoms with Crippen LogP contribution in [0, 0.1) is 12.1 Å². The van der Waals surface area contributed by atoms with Gasteiger partial charge in [-0.2, -0.15) is 34.2 Å². The fraction of sp³-hybridized carbons (Fsp3) is 0.183. The predicted octanol–water partition coefficient (Wildman–Crippen LogP) is 15.1. The van der Waals surface area contributed by atoms with Crippen LogP contribution < -0.4 is 4.90 Å². The molecule has 0 bridgehead atoms. The summed E-state index contributed by atoms with van der Waals surface area (Å²) in [5, 5.41) is 2.17. The predicted molar refractivity (Wildman–Crippen MR) is 280 cm³/mol. The fourth-order valence-electron chi connectivity index (χ4n) is 8.44. The molecular weight excluding hydrogens is 1040 g/mol. The number of hydrogen-bond acceptors (Lipinski definition) is 7. The maximum absolute atomic E-state index is 6.42. The first kappa shape index (κ1) is 47.5. The van der Waals surface area contributed by atoms with E-state index in [1.807, 2.05) is 101 Å². The van der Waals surface area contributed by atoms with Crippen molar-refractivity contribution in [3.05, 3.63) is 206 Å². The standard InChI is InChI=1S/C35H27N2O.C25H27N6.Ir/c1-35(2,3)24-20-21-30(28(22-24)23-12-5-4-6-13-23)37-31-18-9-8-17-29(31)36-34(37)27-16-11-15-26-25-14-7-10-19-32(25)38-33(26)27;1-18(2)22-27-23(25(3,4)5)29-24(28-22)31(20-14-10-7-11-15-20)21-16-30(17-26-21)19-12-8-6-9-13-19;/h4-15,17-22H,1-3H3;6-14,16-18H,1-5H3;/q2*-1;. The van der Waals surface area contributed by atoms with Crippen LogP contribution in [0.2, 0.25) is 0 Å². The normalized spacial score (nSPS) is 11.7. The van der Waals surface area contributed by atoms with Crippen LogP contribution in [0.4, 0.5) is 17.5 Å². The van der Waals surface area contributed by atoms with E-state index in [4.69, 9.17) is 24.4 Å². The Morgan fingerprint density at radius 2 is 1.36 bits per heavy atom. The van der Waals surface area contributed by atoms with Gasteiger partial charge in [0.25, 0.3) is 0 Å². The second kappa shape index (κ2) is 19.5. The summed E-state index contributed by atoms with van der Waals surface area (Å²) in [7, 11) is 0. The number of nitrogens with zero attached hydrogens (tertiary/aromatic N) is 8. The van der Waals surface area contributed by atoms with Gasteiger partial charge in [-0.3, -0.25) is 9.88 Å². The van der Waals surface area contributed by atoms with Crippen molar-refractivity contribution in [2.24, 2.45) is 0 Å². The third kappa shape index (κ3) is 9.45. The maximum Gasteiger partial charge on any atom is 0.237 e. The molecule has 0 unspecified atom stereocenters. The van der Waals surface area contributed by atoms with E-state index in [2.05, 4.69) is 156 Å². The molecule has 70 heavy (non-hydrogen) atoms. The average molecular weight is 1100 g/mol. The molecule has 0 aliphatic heterocycles. The van der Waals surface area contributed by atoms with Crippen LogP contribution in [0.3, 0.4) is 0 Å². The molecule has 11 aromatic rings. The largest absolute Gasteiger partial charge is 0.501 e. The fourth-order valence-corrected chi connectivity index (χ4v) is 8.44. The van der Waals surface area contributed by atoms with E-state index in [0.29, 0.717) is 11.8 Å². The number of hydrogen-bond donors (Lipinski definition) is 0. The summed E-state index contributed by atoms with van der Waals surface area (Å²) in [6, 6.07) is 62.6. The SMILES string of the molecule is CC(C)(C)c1ccc(-n2c(-c3[c-]ccc4c3oc3ccccc34)nc3ccccc32)c(-c2ccccc2)c1.CC(C)c1nc(N(c2[c-]cccc2)c2cn(-c3ccccc3)cn2)nc(C(C)(C)C)n1.[Ir]. The van der Waals surface area contributed by atoms with Gasteiger partial charge in [-0.05, 0) is 59.0 Å². The minimum atomic E-state index is -0.212. The van der Waals surface area contributed by atoms with Crippen LogP contribution in [-0.2, 0) is 30.9 Å². The Labute approximate surface area is 423 Å². The van der Waals surface area contributed by atoms with Crippen LogP contribution >= 0.6 is 0 Å². The van der Waals surface area contributed by atoms with Crippen LogP contribution in [0.15, 0.2) is 181 Å². The minimum absolute atomic E-state index is 0. The molecule has 0 amide bonds. The van der Waals surface area contributed by atoms with E-state index < -0.39 is 0 Å². The van der Waals surface area contributed by atoms with Gasteiger partial charge in [-0.25, -0.2) is 9.97 Å².